The molecule has 1 amide bonds. The van der Waals surface area contributed by atoms with Crippen LogP contribution in [0.1, 0.15) is 5.56 Å². The number of aromatic nitrogens is 3. The van der Waals surface area contributed by atoms with E-state index in [1.165, 1.54) is 29.2 Å². The number of nitrogens with one attached hydrogen (secondary N) is 2. The molecule has 0 saturated heterocycles. The molecule has 0 unspecified atom stereocenters. The zero-order chi connectivity index (χ0) is 19.5. The third kappa shape index (κ3) is 4.29. The van der Waals surface area contributed by atoms with Gasteiger partial charge >= 0.3 is 0 Å². The quantitative estimate of drug-likeness (QED) is 0.384. The Hall–Kier alpha value is -2.97. The summed E-state index contributed by atoms with van der Waals surface area (Å²) in [6.07, 6.45) is 0. The lowest BCUT2D eigenvalue weighted by molar-refractivity contribution is -0.113. The maximum Gasteiger partial charge on any atom is 0.252 e. The minimum atomic E-state index is -0.252. The molecule has 4 rings (SSSR count). The van der Waals surface area contributed by atoms with E-state index in [9.17, 15) is 9.59 Å². The van der Waals surface area contributed by atoms with Crippen molar-refractivity contribution in [1.29, 1.82) is 0 Å². The Morgan fingerprint density at radius 3 is 2.79 bits per heavy atom. The van der Waals surface area contributed by atoms with E-state index in [0.717, 1.165) is 21.3 Å². The number of H-pyrrole nitrogens is 1. The minimum absolute atomic E-state index is 0.121. The maximum atomic E-state index is 12.3. The van der Waals surface area contributed by atoms with Crippen molar-refractivity contribution in [2.75, 3.05) is 11.1 Å². The third-order valence-corrected chi connectivity index (χ3v) is 5.73. The maximum absolute atomic E-state index is 12.3. The Bertz CT molecular complexity index is 1200. The number of hydrogen-bond acceptors (Lipinski definition) is 6. The summed E-state index contributed by atoms with van der Waals surface area (Å²) in [5.74, 6) is -0.0793. The molecule has 2 aromatic heterocycles. The number of nitrogens with zero attached hydrogens (tertiary/aromatic N) is 2. The molecule has 0 bridgehead atoms. The molecule has 0 saturated carbocycles. The number of carbonyl (C=O) groups excluding carboxylic acids is 1. The van der Waals surface area contributed by atoms with E-state index in [2.05, 4.69) is 20.3 Å². The van der Waals surface area contributed by atoms with Gasteiger partial charge in [-0.3, -0.25) is 9.59 Å². The summed E-state index contributed by atoms with van der Waals surface area (Å²) < 4.78 is 1.03. The first-order chi connectivity index (χ1) is 13.6. The molecule has 0 atom stereocenters. The summed E-state index contributed by atoms with van der Waals surface area (Å²) in [5.41, 5.74) is 3.19. The van der Waals surface area contributed by atoms with Gasteiger partial charge in [0, 0.05) is 11.6 Å². The molecule has 0 aliphatic rings. The second kappa shape index (κ2) is 7.95. The van der Waals surface area contributed by atoms with Gasteiger partial charge in [0.1, 0.15) is 0 Å². The summed E-state index contributed by atoms with van der Waals surface area (Å²) in [6, 6.07) is 16.9. The smallest absolute Gasteiger partial charge is 0.252 e. The molecule has 0 spiro atoms. The van der Waals surface area contributed by atoms with Crippen molar-refractivity contribution < 1.29 is 4.79 Å². The van der Waals surface area contributed by atoms with E-state index in [1.807, 2.05) is 55.5 Å². The molecule has 140 valence electrons. The highest BCUT2D eigenvalue weighted by Gasteiger charge is 2.10. The van der Waals surface area contributed by atoms with Gasteiger partial charge in [-0.05, 0) is 24.6 Å². The van der Waals surface area contributed by atoms with E-state index in [-0.39, 0.29) is 17.2 Å². The van der Waals surface area contributed by atoms with Crippen LogP contribution in [0.3, 0.4) is 0 Å². The lowest BCUT2D eigenvalue weighted by Crippen LogP contribution is -2.15. The number of thiazole rings is 1. The number of aryl methyl sites for hydroxylation is 1. The van der Waals surface area contributed by atoms with Crippen molar-refractivity contribution in [1.82, 2.24) is 15.0 Å². The van der Waals surface area contributed by atoms with Crippen LogP contribution < -0.4 is 10.9 Å². The number of fused-ring (bicyclic) bond motifs is 1. The van der Waals surface area contributed by atoms with Crippen LogP contribution in [-0.4, -0.2) is 26.6 Å². The van der Waals surface area contributed by atoms with Gasteiger partial charge in [0.25, 0.3) is 5.56 Å². The zero-order valence-electron chi connectivity index (χ0n) is 14.9. The van der Waals surface area contributed by atoms with E-state index >= 15 is 0 Å². The van der Waals surface area contributed by atoms with Crippen LogP contribution in [0.5, 0.6) is 0 Å². The van der Waals surface area contributed by atoms with E-state index in [4.69, 9.17) is 0 Å². The number of carbonyl (C=O) groups is 1. The standard InChI is InChI=1S/C20H16N4O2S2/c1-12-7-8-14-16(9-12)28-20(21-14)24-18(26)11-27-19-22-15(10-17(25)23-19)13-5-3-2-4-6-13/h2-10H,11H2,1H3,(H,21,24,26)(H,22,23,25). The molecule has 4 aromatic rings. The molecule has 28 heavy (non-hydrogen) atoms. The molecular weight excluding hydrogens is 392 g/mol. The van der Waals surface area contributed by atoms with Gasteiger partial charge in [0.15, 0.2) is 10.3 Å². The molecule has 2 aromatic carbocycles. The third-order valence-electron chi connectivity index (χ3n) is 3.92. The number of thioether (sulfide) groups is 1. The van der Waals surface area contributed by atoms with Crippen LogP contribution in [0.2, 0.25) is 0 Å². The van der Waals surface area contributed by atoms with Crippen LogP contribution in [0.15, 0.2) is 64.5 Å². The van der Waals surface area contributed by atoms with Crippen molar-refractivity contribution in [2.45, 2.75) is 12.1 Å². The largest absolute Gasteiger partial charge is 0.301 e. The van der Waals surface area contributed by atoms with Crippen molar-refractivity contribution in [3.8, 4) is 11.3 Å². The topological polar surface area (TPSA) is 87.7 Å². The Kier molecular flexibility index (Phi) is 5.23. The zero-order valence-corrected chi connectivity index (χ0v) is 16.6. The monoisotopic (exact) mass is 408 g/mol. The van der Waals surface area contributed by atoms with Crippen molar-refractivity contribution in [2.24, 2.45) is 0 Å². The molecule has 8 heteroatoms. The van der Waals surface area contributed by atoms with Crippen LogP contribution in [0.25, 0.3) is 21.5 Å². The molecule has 0 fully saturated rings. The number of rotatable bonds is 5. The SMILES string of the molecule is Cc1ccc2nc(NC(=O)CSc3nc(-c4ccccc4)cc(=O)[nH]3)sc2c1. The summed E-state index contributed by atoms with van der Waals surface area (Å²) in [4.78, 5) is 35.7. The number of aromatic amines is 1. The Morgan fingerprint density at radius 2 is 1.96 bits per heavy atom. The molecule has 0 radical (unpaired) electrons. The second-order valence-electron chi connectivity index (χ2n) is 6.13. The molecule has 0 aliphatic heterocycles. The summed E-state index contributed by atoms with van der Waals surface area (Å²) in [5, 5.41) is 3.77. The summed E-state index contributed by atoms with van der Waals surface area (Å²) in [7, 11) is 0. The predicted octanol–water partition coefficient (Wildman–Crippen LogP) is 4.09. The highest BCUT2D eigenvalue weighted by molar-refractivity contribution is 7.99. The summed E-state index contributed by atoms with van der Waals surface area (Å²) >= 11 is 2.62. The van der Waals surface area contributed by atoms with E-state index in [1.54, 1.807) is 0 Å². The highest BCUT2D eigenvalue weighted by atomic mass is 32.2. The van der Waals surface area contributed by atoms with Crippen LogP contribution in [0.4, 0.5) is 5.13 Å². The predicted molar refractivity (Wildman–Crippen MR) is 114 cm³/mol. The van der Waals surface area contributed by atoms with Crippen LogP contribution in [0, 0.1) is 6.92 Å². The lowest BCUT2D eigenvalue weighted by atomic mass is 10.1. The Labute approximate surface area is 169 Å². The first-order valence-corrected chi connectivity index (χ1v) is 10.3. The van der Waals surface area contributed by atoms with Crippen molar-refractivity contribution in [3.63, 3.8) is 0 Å². The average Bonchev–Trinajstić information content (AvgIpc) is 3.08. The van der Waals surface area contributed by atoms with Gasteiger partial charge in [-0.15, -0.1) is 0 Å². The van der Waals surface area contributed by atoms with Gasteiger partial charge in [-0.2, -0.15) is 0 Å². The van der Waals surface area contributed by atoms with Gasteiger partial charge in [0.2, 0.25) is 5.91 Å². The lowest BCUT2D eigenvalue weighted by Gasteiger charge is -2.04. The fourth-order valence-electron chi connectivity index (χ4n) is 2.63. The fourth-order valence-corrected chi connectivity index (χ4v) is 4.29. The molecule has 0 aliphatic carbocycles. The van der Waals surface area contributed by atoms with E-state index < -0.39 is 0 Å². The molecule has 2 heterocycles. The molecule has 6 nitrogen and oxygen atoms in total. The van der Waals surface area contributed by atoms with E-state index in [0.29, 0.717) is 16.0 Å². The van der Waals surface area contributed by atoms with Crippen molar-refractivity contribution >= 4 is 44.4 Å². The Morgan fingerprint density at radius 1 is 1.14 bits per heavy atom. The summed E-state index contributed by atoms with van der Waals surface area (Å²) in [6.45, 7) is 2.02. The highest BCUT2D eigenvalue weighted by Crippen LogP contribution is 2.27. The second-order valence-corrected chi connectivity index (χ2v) is 8.12. The number of amides is 1. The fraction of sp³-hybridized carbons (Fsp3) is 0.100. The van der Waals surface area contributed by atoms with Crippen molar-refractivity contribution in [3.05, 3.63) is 70.5 Å². The van der Waals surface area contributed by atoms with Gasteiger partial charge in [0.05, 0.1) is 21.7 Å². The van der Waals surface area contributed by atoms with Crippen LogP contribution >= 0.6 is 23.1 Å². The first-order valence-electron chi connectivity index (χ1n) is 8.53. The van der Waals surface area contributed by atoms with Gasteiger partial charge in [-0.25, -0.2) is 9.97 Å². The van der Waals surface area contributed by atoms with Crippen LogP contribution in [-0.2, 0) is 4.79 Å². The van der Waals surface area contributed by atoms with Gasteiger partial charge in [-0.1, -0.05) is 59.5 Å². The number of hydrogen-bond donors (Lipinski definition) is 2. The first kappa shape index (κ1) is 18.4. The molecular formula is C20H16N4O2S2. The van der Waals surface area contributed by atoms with Gasteiger partial charge < -0.3 is 10.3 Å². The average molecular weight is 409 g/mol. The Balaban J connectivity index is 1.44. The minimum Gasteiger partial charge on any atom is -0.301 e. The normalized spacial score (nSPS) is 10.9. The number of benzene rings is 2. The molecule has 2 N–H and O–H groups in total. The number of anilines is 1.